The lowest BCUT2D eigenvalue weighted by molar-refractivity contribution is -0.256. The summed E-state index contributed by atoms with van der Waals surface area (Å²) in [6, 6.07) is 0. The van der Waals surface area contributed by atoms with Crippen molar-refractivity contribution in [2.45, 2.75) is 117 Å². The van der Waals surface area contributed by atoms with Crippen molar-refractivity contribution in [2.75, 3.05) is 0 Å². The summed E-state index contributed by atoms with van der Waals surface area (Å²) in [5, 5.41) is 20.7. The average molecular weight is 471 g/mol. The molecule has 0 aromatic carbocycles. The maximum atomic E-state index is 13.2. The molecule has 2 N–H and O–H groups in total. The van der Waals surface area contributed by atoms with Crippen LogP contribution in [-0.2, 0) is 0 Å². The fraction of sp³-hybridized carbons (Fsp3) is 0.929. The van der Waals surface area contributed by atoms with E-state index in [0.29, 0.717) is 36.0 Å². The van der Waals surface area contributed by atoms with Crippen molar-refractivity contribution in [2.24, 2.45) is 46.3 Å². The van der Waals surface area contributed by atoms with Gasteiger partial charge >= 0.3 is 6.18 Å². The van der Waals surface area contributed by atoms with Gasteiger partial charge in [-0.3, -0.25) is 0 Å². The van der Waals surface area contributed by atoms with E-state index in [2.05, 4.69) is 33.8 Å². The number of hydrogen-bond donors (Lipinski definition) is 2. The molecule has 0 aliphatic heterocycles. The van der Waals surface area contributed by atoms with Crippen molar-refractivity contribution in [3.05, 3.63) is 11.6 Å². The van der Waals surface area contributed by atoms with Crippen LogP contribution >= 0.6 is 0 Å². The molecular weight excluding hydrogens is 425 g/mol. The number of halogens is 3. The predicted octanol–water partition coefficient (Wildman–Crippen LogP) is 7.29. The van der Waals surface area contributed by atoms with Crippen LogP contribution < -0.4 is 0 Å². The van der Waals surface area contributed by atoms with Crippen LogP contribution in [0.4, 0.5) is 13.2 Å². The van der Waals surface area contributed by atoms with Gasteiger partial charge < -0.3 is 10.2 Å². The second kappa shape index (κ2) is 7.98. The molecule has 0 bridgehead atoms. The molecule has 5 heteroatoms. The molecule has 0 heterocycles. The van der Waals surface area contributed by atoms with Crippen molar-refractivity contribution < 1.29 is 23.4 Å². The second-order valence-electron chi connectivity index (χ2n) is 13.4. The fourth-order valence-corrected chi connectivity index (χ4v) is 8.99. The first-order valence-electron chi connectivity index (χ1n) is 13.2. The normalized spacial score (nSPS) is 48.2. The molecule has 190 valence electrons. The Hall–Kier alpha value is -0.550. The Morgan fingerprint density at radius 1 is 1.06 bits per heavy atom. The van der Waals surface area contributed by atoms with Crippen LogP contribution in [0.3, 0.4) is 0 Å². The summed E-state index contributed by atoms with van der Waals surface area (Å²) >= 11 is 0. The van der Waals surface area contributed by atoms with Crippen molar-refractivity contribution >= 4 is 0 Å². The zero-order valence-electron chi connectivity index (χ0n) is 21.4. The highest BCUT2D eigenvalue weighted by Gasteiger charge is 2.61. The Labute approximate surface area is 198 Å². The van der Waals surface area contributed by atoms with E-state index in [9.17, 15) is 23.4 Å². The molecule has 4 aliphatic rings. The lowest BCUT2D eigenvalue weighted by Crippen LogP contribution is -2.54. The Morgan fingerprint density at radius 2 is 1.73 bits per heavy atom. The van der Waals surface area contributed by atoms with Gasteiger partial charge in [-0.25, -0.2) is 0 Å². The second-order valence-corrected chi connectivity index (χ2v) is 13.4. The number of aliphatic hydroxyl groups is 2. The Balaban J connectivity index is 1.53. The number of hydrogen-bond acceptors (Lipinski definition) is 2. The van der Waals surface area contributed by atoms with Gasteiger partial charge in [0, 0.05) is 0 Å². The van der Waals surface area contributed by atoms with E-state index in [1.807, 2.05) is 6.92 Å². The molecule has 33 heavy (non-hydrogen) atoms. The summed E-state index contributed by atoms with van der Waals surface area (Å²) in [4.78, 5) is 0. The van der Waals surface area contributed by atoms with Crippen LogP contribution in [-0.4, -0.2) is 27.6 Å². The number of alkyl halides is 3. The summed E-state index contributed by atoms with van der Waals surface area (Å²) in [6.07, 6.45) is 5.40. The van der Waals surface area contributed by atoms with Crippen LogP contribution in [0.5, 0.6) is 0 Å². The third-order valence-corrected chi connectivity index (χ3v) is 11.2. The molecule has 0 radical (unpaired) electrons. The minimum atomic E-state index is -4.57. The van der Waals surface area contributed by atoms with Crippen LogP contribution in [0.25, 0.3) is 0 Å². The molecule has 10 atom stereocenters. The predicted molar refractivity (Wildman–Crippen MR) is 125 cm³/mol. The quantitative estimate of drug-likeness (QED) is 0.424. The van der Waals surface area contributed by atoms with E-state index in [1.54, 1.807) is 0 Å². The third-order valence-electron chi connectivity index (χ3n) is 11.2. The Bertz CT molecular complexity index is 785. The third kappa shape index (κ3) is 4.11. The molecule has 4 rings (SSSR count). The van der Waals surface area contributed by atoms with E-state index in [-0.39, 0.29) is 23.2 Å². The smallest absolute Gasteiger partial charge is 0.390 e. The summed E-state index contributed by atoms with van der Waals surface area (Å²) < 4.78 is 39.5. The van der Waals surface area contributed by atoms with Gasteiger partial charge in [0.25, 0.3) is 0 Å². The van der Waals surface area contributed by atoms with Gasteiger partial charge in [-0.2, -0.15) is 13.2 Å². The van der Waals surface area contributed by atoms with Gasteiger partial charge in [0.2, 0.25) is 0 Å². The van der Waals surface area contributed by atoms with Gasteiger partial charge in [-0.1, -0.05) is 39.3 Å². The first-order chi connectivity index (χ1) is 15.0. The summed E-state index contributed by atoms with van der Waals surface area (Å²) in [6.45, 7) is 12.2. The lowest BCUT2D eigenvalue weighted by atomic mass is 9.44. The van der Waals surface area contributed by atoms with Crippen LogP contribution in [0.15, 0.2) is 11.6 Å². The lowest BCUT2D eigenvalue weighted by Gasteiger charge is -2.60. The molecule has 1 unspecified atom stereocenters. The molecule has 4 aliphatic carbocycles. The first-order valence-corrected chi connectivity index (χ1v) is 13.2. The van der Waals surface area contributed by atoms with Gasteiger partial charge in [0.1, 0.15) is 0 Å². The molecule has 2 nitrogen and oxygen atoms in total. The highest BCUT2D eigenvalue weighted by Crippen LogP contribution is 2.68. The maximum absolute atomic E-state index is 13.2. The Kier molecular flexibility index (Phi) is 6.18. The Morgan fingerprint density at radius 3 is 2.36 bits per heavy atom. The molecular formula is C28H45F3O2. The average Bonchev–Trinajstić information content (AvgIpc) is 3.04. The fourth-order valence-electron chi connectivity index (χ4n) is 8.99. The summed E-state index contributed by atoms with van der Waals surface area (Å²) in [5.41, 5.74) is -1.38. The molecule has 0 aromatic rings. The van der Waals surface area contributed by atoms with E-state index < -0.39 is 17.4 Å². The van der Waals surface area contributed by atoms with E-state index >= 15 is 0 Å². The van der Waals surface area contributed by atoms with Gasteiger partial charge in [0.15, 0.2) is 5.60 Å². The summed E-state index contributed by atoms with van der Waals surface area (Å²) in [7, 11) is 0. The molecule has 0 amide bonds. The number of allylic oxidation sites excluding steroid dienone is 1. The monoisotopic (exact) mass is 470 g/mol. The molecule has 0 aromatic heterocycles. The molecule has 3 fully saturated rings. The van der Waals surface area contributed by atoms with E-state index in [4.69, 9.17) is 0 Å². The largest absolute Gasteiger partial charge is 0.416 e. The van der Waals surface area contributed by atoms with Gasteiger partial charge in [0.05, 0.1) is 5.60 Å². The van der Waals surface area contributed by atoms with E-state index in [0.717, 1.165) is 39.0 Å². The van der Waals surface area contributed by atoms with Gasteiger partial charge in [-0.05, 0) is 118 Å². The van der Waals surface area contributed by atoms with Gasteiger partial charge in [-0.15, -0.1) is 0 Å². The zero-order valence-corrected chi connectivity index (χ0v) is 21.4. The highest BCUT2D eigenvalue weighted by molar-refractivity contribution is 5.28. The standard InChI is InChI=1S/C28H45F3O2/c1-17(9-12-27(6,33)28(29,30)31)20-7-8-21-23-18(2)15-19-16-24(3,32)13-14-25(19,4)22(23)10-11-26(20,21)5/h15,17-18,20-23,32-33H,7-14,16H2,1-6H3/t17-,18+,20-,21+,22+,23+,24+,25+,26-,27?/m1/s1. The minimum Gasteiger partial charge on any atom is -0.390 e. The van der Waals surface area contributed by atoms with Crippen LogP contribution in [0, 0.1) is 46.3 Å². The highest BCUT2D eigenvalue weighted by atomic mass is 19.4. The van der Waals surface area contributed by atoms with Crippen LogP contribution in [0.1, 0.15) is 99.3 Å². The van der Waals surface area contributed by atoms with Crippen LogP contribution in [0.2, 0.25) is 0 Å². The van der Waals surface area contributed by atoms with Crippen molar-refractivity contribution in [3.63, 3.8) is 0 Å². The maximum Gasteiger partial charge on any atom is 0.416 e. The molecule has 0 saturated heterocycles. The minimum absolute atomic E-state index is 0.167. The molecule has 0 spiro atoms. The number of fused-ring (bicyclic) bond motifs is 5. The topological polar surface area (TPSA) is 40.5 Å². The SMILES string of the molecule is C[C@H](CCC(C)(O)C(F)(F)F)[C@H]1CC[C@H]2[C@@H]3[C@@H](C)C=C4C[C@@](C)(O)CC[C@]4(C)[C@H]3CC[C@]12C. The van der Waals surface area contributed by atoms with Crippen molar-refractivity contribution in [3.8, 4) is 0 Å². The summed E-state index contributed by atoms with van der Waals surface area (Å²) in [5.74, 6) is 2.95. The van der Waals surface area contributed by atoms with Crippen molar-refractivity contribution in [1.82, 2.24) is 0 Å². The van der Waals surface area contributed by atoms with E-state index in [1.165, 1.54) is 18.4 Å². The zero-order chi connectivity index (χ0) is 24.6. The van der Waals surface area contributed by atoms with Crippen molar-refractivity contribution in [1.29, 1.82) is 0 Å². The number of rotatable bonds is 4. The molecule has 3 saturated carbocycles. The first kappa shape index (κ1) is 25.5.